The van der Waals surface area contributed by atoms with E-state index in [4.69, 9.17) is 16.1 Å². The molecule has 0 unspecified atom stereocenters. The average molecular weight is 186 g/mol. The minimum Gasteiger partial charge on any atom is -0.361 e. The van der Waals surface area contributed by atoms with Crippen molar-refractivity contribution in [3.8, 4) is 0 Å². The van der Waals surface area contributed by atoms with Crippen molar-refractivity contribution in [1.82, 2.24) is 5.16 Å². The van der Waals surface area contributed by atoms with Crippen LogP contribution < -0.4 is 0 Å². The van der Waals surface area contributed by atoms with Crippen LogP contribution in [0.3, 0.4) is 0 Å². The Labute approximate surface area is 76.9 Å². The quantitative estimate of drug-likeness (QED) is 0.677. The minimum absolute atomic E-state index is 0.610. The lowest BCUT2D eigenvalue weighted by Gasteiger charge is -2.22. The molecule has 0 amide bonds. The highest BCUT2D eigenvalue weighted by Crippen LogP contribution is 2.35. The van der Waals surface area contributed by atoms with Crippen LogP contribution in [0.25, 0.3) is 0 Å². The molecule has 0 aliphatic heterocycles. The molecule has 0 atom stereocenters. The number of aromatic nitrogens is 1. The van der Waals surface area contributed by atoms with Gasteiger partial charge in [0.15, 0.2) is 0 Å². The number of nitrogens with zero attached hydrogens (tertiary/aromatic N) is 1. The molecule has 0 N–H and O–H groups in total. The van der Waals surface area contributed by atoms with Gasteiger partial charge in [-0.1, -0.05) is 11.6 Å². The molecule has 66 valence electrons. The average Bonchev–Trinajstić information content (AvgIpc) is 2.34. The van der Waals surface area contributed by atoms with Crippen LogP contribution in [0, 0.1) is 0 Å². The van der Waals surface area contributed by atoms with Crippen LogP contribution >= 0.6 is 11.6 Å². The van der Waals surface area contributed by atoms with Crippen LogP contribution in [0.15, 0.2) is 10.6 Å². The van der Waals surface area contributed by atoms with Gasteiger partial charge >= 0.3 is 0 Å². The summed E-state index contributed by atoms with van der Waals surface area (Å²) in [7, 11) is 0. The van der Waals surface area contributed by atoms with Crippen molar-refractivity contribution < 1.29 is 4.52 Å². The van der Waals surface area contributed by atoms with Crippen molar-refractivity contribution in [3.05, 3.63) is 17.5 Å². The maximum absolute atomic E-state index is 5.58. The Morgan fingerprint density at radius 3 is 3.00 bits per heavy atom. The molecule has 1 saturated carbocycles. The monoisotopic (exact) mass is 185 g/mol. The Hall–Kier alpha value is -0.500. The Morgan fingerprint density at radius 2 is 2.42 bits per heavy atom. The summed E-state index contributed by atoms with van der Waals surface area (Å²) in [5, 5.41) is 4.02. The molecule has 0 bridgehead atoms. The van der Waals surface area contributed by atoms with Gasteiger partial charge in [-0.25, -0.2) is 0 Å². The van der Waals surface area contributed by atoms with E-state index in [-0.39, 0.29) is 0 Å². The molecule has 1 aliphatic carbocycles. The van der Waals surface area contributed by atoms with Crippen molar-refractivity contribution in [2.45, 2.75) is 31.6 Å². The highest BCUT2D eigenvalue weighted by atomic mass is 35.5. The smallest absolute Gasteiger partial charge is 0.138 e. The summed E-state index contributed by atoms with van der Waals surface area (Å²) in [6, 6.07) is 2.05. The second-order valence-corrected chi connectivity index (χ2v) is 3.66. The van der Waals surface area contributed by atoms with Crippen molar-refractivity contribution in [2.75, 3.05) is 5.88 Å². The van der Waals surface area contributed by atoms with E-state index in [1.165, 1.54) is 19.3 Å². The fourth-order valence-corrected chi connectivity index (χ4v) is 1.62. The lowest BCUT2D eigenvalue weighted by molar-refractivity contribution is 0.349. The van der Waals surface area contributed by atoms with Gasteiger partial charge in [-0.2, -0.15) is 0 Å². The van der Waals surface area contributed by atoms with E-state index in [0.717, 1.165) is 17.9 Å². The number of aryl methyl sites for hydroxylation is 1. The molecule has 2 rings (SSSR count). The van der Waals surface area contributed by atoms with Crippen molar-refractivity contribution in [2.24, 2.45) is 0 Å². The second-order valence-electron chi connectivity index (χ2n) is 3.28. The van der Waals surface area contributed by atoms with Crippen LogP contribution in [-0.2, 0) is 6.42 Å². The third-order valence-corrected chi connectivity index (χ3v) is 2.63. The van der Waals surface area contributed by atoms with Crippen molar-refractivity contribution in [1.29, 1.82) is 0 Å². The maximum Gasteiger partial charge on any atom is 0.138 e. The van der Waals surface area contributed by atoms with E-state index < -0.39 is 0 Å². The maximum atomic E-state index is 5.58. The molecule has 3 heteroatoms. The number of alkyl halides is 1. The van der Waals surface area contributed by atoms with Crippen LogP contribution in [0.1, 0.15) is 36.6 Å². The molecular weight excluding hydrogens is 174 g/mol. The third-order valence-electron chi connectivity index (χ3n) is 2.44. The van der Waals surface area contributed by atoms with Gasteiger partial charge in [-0.05, 0) is 12.8 Å². The zero-order chi connectivity index (χ0) is 8.39. The van der Waals surface area contributed by atoms with Gasteiger partial charge in [0.1, 0.15) is 5.76 Å². The normalized spacial score (nSPS) is 17.8. The number of halogens is 1. The van der Waals surface area contributed by atoms with E-state index in [1.807, 2.05) is 6.07 Å². The summed E-state index contributed by atoms with van der Waals surface area (Å²) in [4.78, 5) is 0. The Morgan fingerprint density at radius 1 is 1.58 bits per heavy atom. The predicted octanol–water partition coefficient (Wildman–Crippen LogP) is 2.72. The molecule has 0 radical (unpaired) electrons. The first-order valence-electron chi connectivity index (χ1n) is 4.41. The zero-order valence-electron chi connectivity index (χ0n) is 6.92. The summed E-state index contributed by atoms with van der Waals surface area (Å²) >= 11 is 5.58. The Kier molecular flexibility index (Phi) is 2.35. The van der Waals surface area contributed by atoms with Gasteiger partial charge in [0, 0.05) is 24.3 Å². The molecule has 2 nitrogen and oxygen atoms in total. The van der Waals surface area contributed by atoms with Gasteiger partial charge < -0.3 is 4.52 Å². The number of hydrogen-bond acceptors (Lipinski definition) is 2. The van der Waals surface area contributed by atoms with Gasteiger partial charge in [0.2, 0.25) is 0 Å². The second kappa shape index (κ2) is 3.48. The zero-order valence-corrected chi connectivity index (χ0v) is 7.68. The van der Waals surface area contributed by atoms with E-state index in [1.54, 1.807) is 0 Å². The molecule has 0 saturated heterocycles. The molecule has 1 aromatic rings. The summed E-state index contributed by atoms with van der Waals surface area (Å²) in [6.07, 6.45) is 4.67. The minimum atomic E-state index is 0.610. The molecule has 1 aromatic heterocycles. The van der Waals surface area contributed by atoms with Gasteiger partial charge in [-0.15, -0.1) is 11.6 Å². The van der Waals surface area contributed by atoms with E-state index in [0.29, 0.717) is 11.8 Å². The van der Waals surface area contributed by atoms with Gasteiger partial charge in [0.25, 0.3) is 0 Å². The highest BCUT2D eigenvalue weighted by Gasteiger charge is 2.22. The van der Waals surface area contributed by atoms with Gasteiger partial charge in [-0.3, -0.25) is 0 Å². The molecule has 1 heterocycles. The fourth-order valence-electron chi connectivity index (χ4n) is 1.44. The van der Waals surface area contributed by atoms with Crippen molar-refractivity contribution >= 4 is 11.6 Å². The third kappa shape index (κ3) is 1.48. The summed E-state index contributed by atoms with van der Waals surface area (Å²) in [5.74, 6) is 2.20. The number of rotatable bonds is 3. The SMILES string of the molecule is ClCCc1cc(C2CCC2)no1. The molecule has 12 heavy (non-hydrogen) atoms. The molecule has 0 spiro atoms. The van der Waals surface area contributed by atoms with Crippen LogP contribution in [0.2, 0.25) is 0 Å². The largest absolute Gasteiger partial charge is 0.361 e. The Balaban J connectivity index is 2.02. The first-order chi connectivity index (χ1) is 5.90. The lowest BCUT2D eigenvalue weighted by Crippen LogP contribution is -2.08. The molecule has 0 aromatic carbocycles. The Bertz CT molecular complexity index is 255. The summed E-state index contributed by atoms with van der Waals surface area (Å²) in [6.45, 7) is 0. The lowest BCUT2D eigenvalue weighted by atomic mass is 9.83. The number of hydrogen-bond donors (Lipinski definition) is 0. The summed E-state index contributed by atoms with van der Waals surface area (Å²) < 4.78 is 5.13. The van der Waals surface area contributed by atoms with E-state index >= 15 is 0 Å². The highest BCUT2D eigenvalue weighted by molar-refractivity contribution is 6.17. The first kappa shape index (κ1) is 8.11. The standard InChI is InChI=1S/C9H12ClNO/c10-5-4-8-6-9(11-12-8)7-2-1-3-7/h6-7H,1-5H2. The van der Waals surface area contributed by atoms with Crippen LogP contribution in [0.4, 0.5) is 0 Å². The van der Waals surface area contributed by atoms with Crippen molar-refractivity contribution in [3.63, 3.8) is 0 Å². The van der Waals surface area contributed by atoms with Crippen LogP contribution in [0.5, 0.6) is 0 Å². The van der Waals surface area contributed by atoms with E-state index in [9.17, 15) is 0 Å². The molecule has 1 aliphatic rings. The molecular formula is C9H12ClNO. The topological polar surface area (TPSA) is 26.0 Å². The van der Waals surface area contributed by atoms with Gasteiger partial charge in [0.05, 0.1) is 5.69 Å². The van der Waals surface area contributed by atoms with Crippen LogP contribution in [-0.4, -0.2) is 11.0 Å². The predicted molar refractivity (Wildman–Crippen MR) is 47.5 cm³/mol. The van der Waals surface area contributed by atoms with E-state index in [2.05, 4.69) is 5.16 Å². The fraction of sp³-hybridized carbons (Fsp3) is 0.667. The first-order valence-corrected chi connectivity index (χ1v) is 4.95. The summed E-state index contributed by atoms with van der Waals surface area (Å²) in [5.41, 5.74) is 1.13. The molecule has 1 fully saturated rings.